The van der Waals surface area contributed by atoms with Crippen molar-refractivity contribution < 1.29 is 14.6 Å². The van der Waals surface area contributed by atoms with Gasteiger partial charge in [0.1, 0.15) is 11.3 Å². The van der Waals surface area contributed by atoms with Crippen molar-refractivity contribution in [3.63, 3.8) is 0 Å². The highest BCUT2D eigenvalue weighted by Gasteiger charge is 2.12. The van der Waals surface area contributed by atoms with E-state index in [1.54, 1.807) is 16.8 Å². The zero-order valence-corrected chi connectivity index (χ0v) is 12.4. The van der Waals surface area contributed by atoms with Crippen LogP contribution in [0.3, 0.4) is 0 Å². The Morgan fingerprint density at radius 1 is 1.38 bits per heavy atom. The third-order valence-corrected chi connectivity index (χ3v) is 3.16. The summed E-state index contributed by atoms with van der Waals surface area (Å²) in [5, 5.41) is 13.2. The second kappa shape index (κ2) is 6.41. The Hall–Kier alpha value is -2.34. The number of hydrogen-bond donors (Lipinski definition) is 1. The average Bonchev–Trinajstić information content (AvgIpc) is 2.83. The summed E-state index contributed by atoms with van der Waals surface area (Å²) in [5.74, 6) is -0.600. The van der Waals surface area contributed by atoms with Crippen molar-refractivity contribution in [1.29, 1.82) is 0 Å². The lowest BCUT2D eigenvalue weighted by molar-refractivity contribution is 0.0693. The molecule has 6 nitrogen and oxygen atoms in total. The van der Waals surface area contributed by atoms with E-state index in [2.05, 4.69) is 10.00 Å². The summed E-state index contributed by atoms with van der Waals surface area (Å²) >= 11 is 0. The Balaban J connectivity index is 2.06. The van der Waals surface area contributed by atoms with Gasteiger partial charge in [-0.1, -0.05) is 6.07 Å². The lowest BCUT2D eigenvalue weighted by Gasteiger charge is -2.16. The molecule has 1 heterocycles. The average molecular weight is 289 g/mol. The van der Waals surface area contributed by atoms with Crippen LogP contribution in [0.25, 0.3) is 0 Å². The number of carboxylic acids is 1. The highest BCUT2D eigenvalue weighted by atomic mass is 16.5. The van der Waals surface area contributed by atoms with E-state index in [1.807, 2.05) is 32.6 Å². The van der Waals surface area contributed by atoms with Gasteiger partial charge in [-0.15, -0.1) is 0 Å². The van der Waals surface area contributed by atoms with Crippen LogP contribution in [0.4, 0.5) is 0 Å². The second-order valence-electron chi connectivity index (χ2n) is 5.03. The van der Waals surface area contributed by atoms with Crippen LogP contribution in [0, 0.1) is 0 Å². The number of rotatable bonds is 6. The molecule has 0 aliphatic heterocycles. The molecule has 112 valence electrons. The van der Waals surface area contributed by atoms with Crippen molar-refractivity contribution in [3.05, 3.63) is 47.3 Å². The minimum Gasteiger partial charge on any atom is -0.496 e. The van der Waals surface area contributed by atoms with Crippen LogP contribution in [-0.4, -0.2) is 39.9 Å². The summed E-state index contributed by atoms with van der Waals surface area (Å²) in [5.41, 5.74) is 2.31. The largest absolute Gasteiger partial charge is 0.496 e. The van der Waals surface area contributed by atoms with Crippen molar-refractivity contribution in [3.8, 4) is 5.75 Å². The summed E-state index contributed by atoms with van der Waals surface area (Å²) in [7, 11) is 5.37. The van der Waals surface area contributed by atoms with Gasteiger partial charge in [-0.25, -0.2) is 4.79 Å². The molecule has 6 heteroatoms. The Morgan fingerprint density at radius 3 is 2.67 bits per heavy atom. The number of ether oxygens (including phenoxy) is 1. The molecule has 0 atom stereocenters. The highest BCUT2D eigenvalue weighted by molar-refractivity contribution is 5.90. The minimum absolute atomic E-state index is 0.177. The van der Waals surface area contributed by atoms with E-state index in [9.17, 15) is 4.79 Å². The first-order valence-electron chi connectivity index (χ1n) is 6.56. The molecule has 1 aromatic heterocycles. The maximum atomic E-state index is 11.1. The van der Waals surface area contributed by atoms with Crippen LogP contribution in [-0.2, 0) is 20.1 Å². The number of aromatic carboxylic acids is 1. The number of hydrogen-bond acceptors (Lipinski definition) is 4. The quantitative estimate of drug-likeness (QED) is 0.877. The van der Waals surface area contributed by atoms with E-state index in [4.69, 9.17) is 9.84 Å². The predicted octanol–water partition coefficient (Wildman–Crippen LogP) is 1.76. The van der Waals surface area contributed by atoms with Crippen LogP contribution in [0.2, 0.25) is 0 Å². The van der Waals surface area contributed by atoms with Gasteiger partial charge in [-0.3, -0.25) is 9.58 Å². The van der Waals surface area contributed by atoms with Gasteiger partial charge in [0.15, 0.2) is 0 Å². The topological polar surface area (TPSA) is 67.6 Å². The zero-order valence-electron chi connectivity index (χ0n) is 12.4. The third kappa shape index (κ3) is 3.82. The van der Waals surface area contributed by atoms with E-state index in [-0.39, 0.29) is 5.56 Å². The molecule has 0 aliphatic rings. The molecule has 0 radical (unpaired) electrons. The van der Waals surface area contributed by atoms with Gasteiger partial charge < -0.3 is 9.84 Å². The maximum absolute atomic E-state index is 11.1. The van der Waals surface area contributed by atoms with Gasteiger partial charge in [0.25, 0.3) is 0 Å². The zero-order chi connectivity index (χ0) is 15.4. The number of nitrogens with zero attached hydrogens (tertiary/aromatic N) is 3. The summed E-state index contributed by atoms with van der Waals surface area (Å²) in [6.07, 6.45) is 3.81. The van der Waals surface area contributed by atoms with Crippen molar-refractivity contribution in [2.75, 3.05) is 14.2 Å². The van der Waals surface area contributed by atoms with Gasteiger partial charge >= 0.3 is 5.97 Å². The van der Waals surface area contributed by atoms with E-state index in [0.717, 1.165) is 17.7 Å². The van der Waals surface area contributed by atoms with Crippen molar-refractivity contribution in [2.45, 2.75) is 13.1 Å². The van der Waals surface area contributed by atoms with Gasteiger partial charge in [0.2, 0.25) is 0 Å². The van der Waals surface area contributed by atoms with Crippen molar-refractivity contribution in [1.82, 2.24) is 14.7 Å². The summed E-state index contributed by atoms with van der Waals surface area (Å²) in [6.45, 7) is 1.47. The molecule has 2 aromatic rings. The molecule has 0 aliphatic carbocycles. The first kappa shape index (κ1) is 15.1. The molecule has 0 fully saturated rings. The normalized spacial score (nSPS) is 10.9. The molecule has 1 aromatic carbocycles. The molecule has 0 amide bonds. The van der Waals surface area contributed by atoms with Gasteiger partial charge in [-0.05, 0) is 24.7 Å². The van der Waals surface area contributed by atoms with Crippen molar-refractivity contribution in [2.24, 2.45) is 7.05 Å². The standard InChI is InChI=1S/C15H19N3O3/c1-17(9-12-7-16-18(2)10-12)8-11-4-5-13(15(19)20)14(6-11)21-3/h4-7,10H,8-9H2,1-3H3,(H,19,20). The van der Waals surface area contributed by atoms with Crippen LogP contribution in [0.5, 0.6) is 5.75 Å². The Bertz CT molecular complexity index is 637. The number of carboxylic acid groups (broad SMARTS) is 1. The summed E-state index contributed by atoms with van der Waals surface area (Å²) < 4.78 is 6.91. The summed E-state index contributed by atoms with van der Waals surface area (Å²) in [4.78, 5) is 13.2. The van der Waals surface area contributed by atoms with Crippen LogP contribution < -0.4 is 4.74 Å². The summed E-state index contributed by atoms with van der Waals surface area (Å²) in [6, 6.07) is 5.16. The van der Waals surface area contributed by atoms with E-state index >= 15 is 0 Å². The monoisotopic (exact) mass is 289 g/mol. The number of aromatic nitrogens is 2. The first-order valence-corrected chi connectivity index (χ1v) is 6.56. The predicted molar refractivity (Wildman–Crippen MR) is 78.3 cm³/mol. The minimum atomic E-state index is -0.984. The molecule has 21 heavy (non-hydrogen) atoms. The van der Waals surface area contributed by atoms with Crippen molar-refractivity contribution >= 4 is 5.97 Å². The molecule has 0 bridgehead atoms. The first-order chi connectivity index (χ1) is 9.99. The number of methoxy groups -OCH3 is 1. The SMILES string of the molecule is COc1cc(CN(C)Cc2cnn(C)c2)ccc1C(=O)O. The molecule has 0 saturated carbocycles. The van der Waals surface area contributed by atoms with E-state index in [1.165, 1.54) is 7.11 Å². The van der Waals surface area contributed by atoms with Gasteiger partial charge in [0, 0.05) is 31.9 Å². The Labute approximate surface area is 123 Å². The van der Waals surface area contributed by atoms with Crippen LogP contribution in [0.15, 0.2) is 30.6 Å². The van der Waals surface area contributed by atoms with Crippen LogP contribution >= 0.6 is 0 Å². The molecule has 0 unspecified atom stereocenters. The van der Waals surface area contributed by atoms with Gasteiger partial charge in [-0.2, -0.15) is 5.10 Å². The Morgan fingerprint density at radius 2 is 2.10 bits per heavy atom. The lowest BCUT2D eigenvalue weighted by atomic mass is 10.1. The molecule has 1 N–H and O–H groups in total. The highest BCUT2D eigenvalue weighted by Crippen LogP contribution is 2.21. The third-order valence-electron chi connectivity index (χ3n) is 3.16. The molecular weight excluding hydrogens is 270 g/mol. The fraction of sp³-hybridized carbons (Fsp3) is 0.333. The second-order valence-corrected chi connectivity index (χ2v) is 5.03. The van der Waals surface area contributed by atoms with Gasteiger partial charge in [0.05, 0.1) is 13.3 Å². The Kier molecular flexibility index (Phi) is 4.59. The molecule has 2 rings (SSSR count). The fourth-order valence-corrected chi connectivity index (χ4v) is 2.24. The van der Waals surface area contributed by atoms with Crippen LogP contribution in [0.1, 0.15) is 21.5 Å². The fourth-order valence-electron chi connectivity index (χ4n) is 2.24. The molecular formula is C15H19N3O3. The van der Waals surface area contributed by atoms with E-state index < -0.39 is 5.97 Å². The lowest BCUT2D eigenvalue weighted by Crippen LogP contribution is -2.17. The number of carbonyl (C=O) groups is 1. The smallest absolute Gasteiger partial charge is 0.339 e. The number of aryl methyl sites for hydroxylation is 1. The molecule has 0 saturated heterocycles. The molecule has 0 spiro atoms. The maximum Gasteiger partial charge on any atom is 0.339 e. The number of benzene rings is 1. The van der Waals surface area contributed by atoms with E-state index in [0.29, 0.717) is 12.3 Å².